The number of primary amides is 1. The van der Waals surface area contributed by atoms with Crippen molar-refractivity contribution in [2.45, 2.75) is 0 Å². The number of nitrogens with two attached hydrogens (primary N) is 2. The van der Waals surface area contributed by atoms with Gasteiger partial charge in [-0.2, -0.15) is 0 Å². The molecule has 1 aromatic carbocycles. The SMILES string of the molecule is NO[As](=O)(O)c1ccc(C(N)=O)cc1. The zero-order valence-corrected chi connectivity index (χ0v) is 8.96. The van der Waals surface area contributed by atoms with Gasteiger partial charge in [-0.3, -0.25) is 0 Å². The quantitative estimate of drug-likeness (QED) is 0.440. The molecule has 76 valence electrons. The molecule has 0 aliphatic carbocycles. The van der Waals surface area contributed by atoms with E-state index in [9.17, 15) is 12.6 Å². The Hall–Kier alpha value is -1.07. The fraction of sp³-hybridized carbons (Fsp3) is 0. The van der Waals surface area contributed by atoms with Crippen LogP contribution in [-0.2, 0) is 7.57 Å². The Kier molecular flexibility index (Phi) is 3.13. The molecule has 0 saturated carbocycles. The Morgan fingerprint density at radius 1 is 1.36 bits per heavy atom. The molecule has 0 bridgehead atoms. The molecule has 7 heteroatoms. The van der Waals surface area contributed by atoms with E-state index in [1.54, 1.807) is 0 Å². The second kappa shape index (κ2) is 3.98. The maximum absolute atomic E-state index is 11.2. The van der Waals surface area contributed by atoms with Gasteiger partial charge in [-0.1, -0.05) is 0 Å². The van der Waals surface area contributed by atoms with Crippen LogP contribution in [0, 0.1) is 0 Å². The van der Waals surface area contributed by atoms with Crippen LogP contribution in [0.3, 0.4) is 0 Å². The third kappa shape index (κ3) is 2.24. The molecular weight excluding hydrogens is 251 g/mol. The maximum atomic E-state index is 11.2. The van der Waals surface area contributed by atoms with E-state index in [2.05, 4.69) is 9.72 Å². The van der Waals surface area contributed by atoms with Crippen LogP contribution in [0.4, 0.5) is 0 Å². The molecule has 0 aliphatic heterocycles. The molecule has 0 saturated heterocycles. The first-order chi connectivity index (χ1) is 6.47. The molecule has 6 nitrogen and oxygen atoms in total. The molecule has 1 rings (SSSR count). The van der Waals surface area contributed by atoms with Crippen molar-refractivity contribution >= 4 is 24.4 Å². The van der Waals surface area contributed by atoms with Gasteiger partial charge in [0, 0.05) is 0 Å². The van der Waals surface area contributed by atoms with Gasteiger partial charge in [0.1, 0.15) is 0 Å². The van der Waals surface area contributed by atoms with Gasteiger partial charge in [-0.15, -0.1) is 0 Å². The standard InChI is InChI=1S/C7H9AsN2O4/c9-7(11)5-1-3-6(4-2-5)8(12,13)14-10/h1-4H,10H2,(H2,9,11)(H,12,13). The van der Waals surface area contributed by atoms with E-state index < -0.39 is 20.1 Å². The summed E-state index contributed by atoms with van der Waals surface area (Å²) in [5, 5.41) is 0. The number of benzene rings is 1. The Morgan fingerprint density at radius 2 is 1.86 bits per heavy atom. The normalized spacial score (nSPS) is 14.7. The van der Waals surface area contributed by atoms with Crippen LogP contribution in [0.2, 0.25) is 0 Å². The van der Waals surface area contributed by atoms with Crippen molar-refractivity contribution in [3.63, 3.8) is 0 Å². The third-order valence-electron chi connectivity index (χ3n) is 1.62. The summed E-state index contributed by atoms with van der Waals surface area (Å²) in [6, 6.07) is 5.24. The van der Waals surface area contributed by atoms with Crippen molar-refractivity contribution in [3.8, 4) is 0 Å². The predicted molar refractivity (Wildman–Crippen MR) is 48.5 cm³/mol. The fourth-order valence-electron chi connectivity index (χ4n) is 0.875. The van der Waals surface area contributed by atoms with Gasteiger partial charge in [0.05, 0.1) is 0 Å². The molecule has 14 heavy (non-hydrogen) atoms. The summed E-state index contributed by atoms with van der Waals surface area (Å²) in [4.78, 5) is 10.7. The predicted octanol–water partition coefficient (Wildman–Crippen LogP) is -1.76. The zero-order valence-electron chi connectivity index (χ0n) is 7.08. The fourth-order valence-corrected chi connectivity index (χ4v) is 2.23. The summed E-state index contributed by atoms with van der Waals surface area (Å²) >= 11 is -4.57. The molecule has 0 aliphatic rings. The Bertz CT molecular complexity index is 389. The molecule has 5 N–H and O–H groups in total. The second-order valence-corrected chi connectivity index (χ2v) is 6.25. The van der Waals surface area contributed by atoms with Crippen LogP contribution in [-0.4, -0.2) is 24.2 Å². The Morgan fingerprint density at radius 3 is 2.21 bits per heavy atom. The van der Waals surface area contributed by atoms with Crippen LogP contribution in [0.5, 0.6) is 0 Å². The second-order valence-electron chi connectivity index (χ2n) is 2.54. The first kappa shape index (κ1) is 11.0. The average molecular weight is 260 g/mol. The van der Waals surface area contributed by atoms with Crippen LogP contribution in [0.15, 0.2) is 24.3 Å². The van der Waals surface area contributed by atoms with Crippen molar-refractivity contribution in [2.24, 2.45) is 11.6 Å². The van der Waals surface area contributed by atoms with Gasteiger partial charge in [0.25, 0.3) is 0 Å². The summed E-state index contributed by atoms with van der Waals surface area (Å²) in [7, 11) is 0. The van der Waals surface area contributed by atoms with Gasteiger partial charge in [0.2, 0.25) is 0 Å². The summed E-state index contributed by atoms with van der Waals surface area (Å²) in [5.41, 5.74) is 5.24. The number of rotatable bonds is 3. The molecule has 0 fully saturated rings. The minimum absolute atomic E-state index is 0.0654. The van der Waals surface area contributed by atoms with Crippen molar-refractivity contribution < 1.29 is 16.5 Å². The summed E-state index contributed by atoms with van der Waals surface area (Å²) < 4.78 is 24.4. The topological polar surface area (TPSA) is 116 Å². The van der Waals surface area contributed by atoms with E-state index in [-0.39, 0.29) is 9.91 Å². The van der Waals surface area contributed by atoms with Gasteiger partial charge in [-0.25, -0.2) is 0 Å². The van der Waals surface area contributed by atoms with Crippen LogP contribution in [0.25, 0.3) is 0 Å². The van der Waals surface area contributed by atoms with Crippen LogP contribution < -0.4 is 16.0 Å². The summed E-state index contributed by atoms with van der Waals surface area (Å²) in [6.07, 6.45) is 0. The van der Waals surface area contributed by atoms with E-state index in [1.807, 2.05) is 0 Å². The number of carbonyl (C=O) groups is 1. The third-order valence-corrected chi connectivity index (χ3v) is 4.22. The molecule has 1 unspecified atom stereocenters. The van der Waals surface area contributed by atoms with Crippen molar-refractivity contribution in [3.05, 3.63) is 29.8 Å². The number of carbonyl (C=O) groups excluding carboxylic acids is 1. The summed E-state index contributed by atoms with van der Waals surface area (Å²) in [6.45, 7) is 0. The molecule has 0 heterocycles. The van der Waals surface area contributed by atoms with Gasteiger partial charge < -0.3 is 0 Å². The van der Waals surface area contributed by atoms with Crippen molar-refractivity contribution in [1.82, 2.24) is 0 Å². The van der Waals surface area contributed by atoms with E-state index in [1.165, 1.54) is 24.3 Å². The first-order valence-electron chi connectivity index (χ1n) is 3.59. The van der Waals surface area contributed by atoms with E-state index in [0.29, 0.717) is 0 Å². The monoisotopic (exact) mass is 260 g/mol. The van der Waals surface area contributed by atoms with Crippen molar-refractivity contribution in [1.29, 1.82) is 0 Å². The molecule has 0 radical (unpaired) electrons. The Labute approximate surface area is 82.8 Å². The van der Waals surface area contributed by atoms with Gasteiger partial charge in [0.15, 0.2) is 0 Å². The minimum atomic E-state index is -4.57. The van der Waals surface area contributed by atoms with Gasteiger partial charge in [-0.05, 0) is 0 Å². The van der Waals surface area contributed by atoms with E-state index in [0.717, 1.165) is 0 Å². The molecule has 0 spiro atoms. The molecule has 1 atom stereocenters. The molecular formula is C7H9AsN2O4. The number of hydrogen-bond acceptors (Lipinski definition) is 4. The number of amides is 1. The molecule has 1 aromatic rings. The molecule has 1 amide bonds. The average Bonchev–Trinajstić information content (AvgIpc) is 2.18. The van der Waals surface area contributed by atoms with Crippen molar-refractivity contribution in [2.75, 3.05) is 0 Å². The number of hydrogen-bond donors (Lipinski definition) is 3. The van der Waals surface area contributed by atoms with Gasteiger partial charge >= 0.3 is 82.3 Å². The van der Waals surface area contributed by atoms with E-state index in [4.69, 9.17) is 5.73 Å². The van der Waals surface area contributed by atoms with Crippen LogP contribution in [0.1, 0.15) is 10.4 Å². The summed E-state index contributed by atoms with van der Waals surface area (Å²) in [5.74, 6) is 4.05. The van der Waals surface area contributed by atoms with E-state index >= 15 is 0 Å². The van der Waals surface area contributed by atoms with Crippen LogP contribution >= 0.6 is 0 Å². The molecule has 0 aromatic heterocycles. The zero-order chi connectivity index (χ0) is 10.8. The Balaban J connectivity index is 3.06. The first-order valence-corrected chi connectivity index (χ1v) is 6.90.